The van der Waals surface area contributed by atoms with Crippen LogP contribution in [0, 0.1) is 20.8 Å². The average Bonchev–Trinajstić information content (AvgIpc) is 3.02. The van der Waals surface area contributed by atoms with Gasteiger partial charge in [0, 0.05) is 24.8 Å². The normalized spacial score (nSPS) is 10.8. The highest BCUT2D eigenvalue weighted by atomic mass is 16.5. The fourth-order valence-corrected chi connectivity index (χ4v) is 3.33. The van der Waals surface area contributed by atoms with E-state index in [1.54, 1.807) is 4.90 Å². The highest BCUT2D eigenvalue weighted by Crippen LogP contribution is 2.16. The maximum atomic E-state index is 12.8. The van der Waals surface area contributed by atoms with Crippen LogP contribution in [-0.2, 0) is 6.54 Å². The van der Waals surface area contributed by atoms with Gasteiger partial charge in [0.05, 0.1) is 18.8 Å². The molecule has 0 saturated heterocycles. The first-order valence-corrected chi connectivity index (χ1v) is 9.98. The average molecular weight is 392 g/mol. The summed E-state index contributed by atoms with van der Waals surface area (Å²) in [5.41, 5.74) is 5.01. The molecule has 0 N–H and O–H groups in total. The molecule has 0 aliphatic carbocycles. The van der Waals surface area contributed by atoms with Crippen molar-refractivity contribution in [3.63, 3.8) is 0 Å². The summed E-state index contributed by atoms with van der Waals surface area (Å²) in [5.74, 6) is 0.925. The lowest BCUT2D eigenvalue weighted by Crippen LogP contribution is -2.28. The number of hydrogen-bond acceptors (Lipinski definition) is 3. The third-order valence-corrected chi connectivity index (χ3v) is 4.95. The Morgan fingerprint density at radius 1 is 1.07 bits per heavy atom. The monoisotopic (exact) mass is 391 g/mol. The third kappa shape index (κ3) is 5.47. The predicted octanol–water partition coefficient (Wildman–Crippen LogP) is 4.40. The largest absolute Gasteiger partial charge is 0.493 e. The van der Waals surface area contributed by atoms with Crippen LogP contribution in [0.2, 0.25) is 0 Å². The minimum absolute atomic E-state index is 0.0242. The molecular weight excluding hydrogens is 362 g/mol. The van der Waals surface area contributed by atoms with Gasteiger partial charge in [0.2, 0.25) is 0 Å². The standard InChI is InChI=1S/C24H29N3O2/c1-18-9-5-6-12-23(18)29-14-8-13-26(4)24(28)22-11-7-10-21(16-22)17-27-20(3)15-19(2)25-27/h5-7,9-12,15-16H,8,13-14,17H2,1-4H3. The molecular formula is C24H29N3O2. The number of benzene rings is 2. The molecule has 5 nitrogen and oxygen atoms in total. The zero-order chi connectivity index (χ0) is 20.8. The Labute approximate surface area is 172 Å². The SMILES string of the molecule is Cc1cc(C)n(Cc2cccc(C(=O)N(C)CCCOc3ccccc3C)c2)n1. The van der Waals surface area contributed by atoms with Crippen molar-refractivity contribution in [1.82, 2.24) is 14.7 Å². The summed E-state index contributed by atoms with van der Waals surface area (Å²) < 4.78 is 7.79. The Bertz CT molecular complexity index is 978. The third-order valence-electron chi connectivity index (χ3n) is 4.95. The van der Waals surface area contributed by atoms with Crippen molar-refractivity contribution in [3.8, 4) is 5.75 Å². The van der Waals surface area contributed by atoms with Crippen LogP contribution in [0.15, 0.2) is 54.6 Å². The second kappa shape index (κ2) is 9.41. The molecule has 1 heterocycles. The van der Waals surface area contributed by atoms with E-state index in [0.717, 1.165) is 34.7 Å². The molecule has 0 aliphatic heterocycles. The van der Waals surface area contributed by atoms with Crippen molar-refractivity contribution in [1.29, 1.82) is 0 Å². The van der Waals surface area contributed by atoms with Crippen molar-refractivity contribution in [3.05, 3.63) is 82.7 Å². The molecule has 5 heteroatoms. The number of aryl methyl sites for hydroxylation is 3. The maximum absolute atomic E-state index is 12.8. The molecule has 0 bridgehead atoms. The minimum Gasteiger partial charge on any atom is -0.493 e. The number of amides is 1. The van der Waals surface area contributed by atoms with Crippen LogP contribution in [0.5, 0.6) is 5.75 Å². The Morgan fingerprint density at radius 3 is 2.59 bits per heavy atom. The van der Waals surface area contributed by atoms with Crippen LogP contribution < -0.4 is 4.74 Å². The molecule has 0 atom stereocenters. The van der Waals surface area contributed by atoms with Crippen LogP contribution >= 0.6 is 0 Å². The second-order valence-corrected chi connectivity index (χ2v) is 7.48. The highest BCUT2D eigenvalue weighted by Gasteiger charge is 2.12. The van der Waals surface area contributed by atoms with Gasteiger partial charge >= 0.3 is 0 Å². The lowest BCUT2D eigenvalue weighted by molar-refractivity contribution is 0.0787. The molecule has 0 unspecified atom stereocenters. The molecule has 1 amide bonds. The number of carbonyl (C=O) groups is 1. The number of rotatable bonds is 8. The van der Waals surface area contributed by atoms with E-state index in [9.17, 15) is 4.79 Å². The molecule has 0 spiro atoms. The van der Waals surface area contributed by atoms with E-state index in [-0.39, 0.29) is 5.91 Å². The van der Waals surface area contributed by atoms with E-state index in [0.29, 0.717) is 25.3 Å². The number of para-hydroxylation sites is 1. The number of hydrogen-bond donors (Lipinski definition) is 0. The quantitative estimate of drug-likeness (QED) is 0.535. The van der Waals surface area contributed by atoms with Crippen molar-refractivity contribution < 1.29 is 9.53 Å². The summed E-state index contributed by atoms with van der Waals surface area (Å²) >= 11 is 0. The van der Waals surface area contributed by atoms with Gasteiger partial charge in [-0.1, -0.05) is 30.3 Å². The van der Waals surface area contributed by atoms with Gasteiger partial charge in [0.25, 0.3) is 5.91 Å². The Morgan fingerprint density at radius 2 is 1.86 bits per heavy atom. The fraction of sp³-hybridized carbons (Fsp3) is 0.333. The molecule has 152 valence electrons. The lowest BCUT2D eigenvalue weighted by Gasteiger charge is -2.18. The zero-order valence-corrected chi connectivity index (χ0v) is 17.7. The van der Waals surface area contributed by atoms with Gasteiger partial charge in [-0.3, -0.25) is 9.48 Å². The maximum Gasteiger partial charge on any atom is 0.253 e. The van der Waals surface area contributed by atoms with E-state index in [2.05, 4.69) is 11.2 Å². The fourth-order valence-electron chi connectivity index (χ4n) is 3.33. The Kier molecular flexibility index (Phi) is 6.70. The summed E-state index contributed by atoms with van der Waals surface area (Å²) in [6, 6.07) is 17.8. The Balaban J connectivity index is 1.54. The molecule has 29 heavy (non-hydrogen) atoms. The molecule has 1 aromatic heterocycles. The zero-order valence-electron chi connectivity index (χ0n) is 17.7. The molecule has 0 aliphatic rings. The topological polar surface area (TPSA) is 47.4 Å². The summed E-state index contributed by atoms with van der Waals surface area (Å²) in [6.45, 7) is 7.95. The van der Waals surface area contributed by atoms with E-state index in [1.165, 1.54) is 0 Å². The van der Waals surface area contributed by atoms with Crippen LogP contribution in [-0.4, -0.2) is 40.8 Å². The van der Waals surface area contributed by atoms with E-state index in [4.69, 9.17) is 4.74 Å². The van der Waals surface area contributed by atoms with Gasteiger partial charge in [-0.15, -0.1) is 0 Å². The van der Waals surface area contributed by atoms with Gasteiger partial charge in [-0.25, -0.2) is 0 Å². The van der Waals surface area contributed by atoms with Gasteiger partial charge in [-0.05, 0) is 62.6 Å². The Hall–Kier alpha value is -3.08. The van der Waals surface area contributed by atoms with Gasteiger partial charge < -0.3 is 9.64 Å². The molecule has 0 radical (unpaired) electrons. The summed E-state index contributed by atoms with van der Waals surface area (Å²) in [6.07, 6.45) is 0.780. The highest BCUT2D eigenvalue weighted by molar-refractivity contribution is 5.94. The van der Waals surface area contributed by atoms with Crippen LogP contribution in [0.3, 0.4) is 0 Å². The predicted molar refractivity (Wildman–Crippen MR) is 115 cm³/mol. The molecule has 2 aromatic carbocycles. The van der Waals surface area contributed by atoms with Crippen molar-refractivity contribution in [2.24, 2.45) is 0 Å². The molecule has 3 rings (SSSR count). The van der Waals surface area contributed by atoms with Gasteiger partial charge in [-0.2, -0.15) is 5.10 Å². The van der Waals surface area contributed by atoms with E-state index < -0.39 is 0 Å². The summed E-state index contributed by atoms with van der Waals surface area (Å²) in [7, 11) is 1.84. The minimum atomic E-state index is 0.0242. The number of ether oxygens (including phenoxy) is 1. The first-order chi connectivity index (χ1) is 13.9. The number of aromatic nitrogens is 2. The van der Waals surface area contributed by atoms with Crippen LogP contribution in [0.25, 0.3) is 0 Å². The van der Waals surface area contributed by atoms with E-state index >= 15 is 0 Å². The second-order valence-electron chi connectivity index (χ2n) is 7.48. The molecule has 0 fully saturated rings. The summed E-state index contributed by atoms with van der Waals surface area (Å²) in [5, 5.41) is 4.50. The summed E-state index contributed by atoms with van der Waals surface area (Å²) in [4.78, 5) is 14.6. The molecule has 3 aromatic rings. The molecule has 0 saturated carbocycles. The van der Waals surface area contributed by atoms with Crippen molar-refractivity contribution in [2.75, 3.05) is 20.2 Å². The first kappa shape index (κ1) is 20.6. The van der Waals surface area contributed by atoms with Gasteiger partial charge in [0.15, 0.2) is 0 Å². The number of carbonyl (C=O) groups excluding carboxylic acids is 1. The lowest BCUT2D eigenvalue weighted by atomic mass is 10.1. The number of nitrogens with zero attached hydrogens (tertiary/aromatic N) is 3. The van der Waals surface area contributed by atoms with Crippen molar-refractivity contribution >= 4 is 5.91 Å². The van der Waals surface area contributed by atoms with Crippen LogP contribution in [0.4, 0.5) is 0 Å². The van der Waals surface area contributed by atoms with Crippen LogP contribution in [0.1, 0.15) is 39.3 Å². The van der Waals surface area contributed by atoms with Gasteiger partial charge in [0.1, 0.15) is 5.75 Å². The smallest absolute Gasteiger partial charge is 0.253 e. The first-order valence-electron chi connectivity index (χ1n) is 9.98. The van der Waals surface area contributed by atoms with E-state index in [1.807, 2.05) is 81.0 Å². The van der Waals surface area contributed by atoms with Crippen molar-refractivity contribution in [2.45, 2.75) is 33.7 Å².